The Morgan fingerprint density at radius 1 is 1.25 bits per heavy atom. The minimum absolute atomic E-state index is 0.583. The molecule has 0 aromatic heterocycles. The highest BCUT2D eigenvalue weighted by molar-refractivity contribution is 4.58. The lowest BCUT2D eigenvalue weighted by molar-refractivity contribution is 0.162. The molecule has 1 atom stereocenters. The van der Waals surface area contributed by atoms with Crippen molar-refractivity contribution in [3.63, 3.8) is 0 Å². The molecule has 0 aromatic rings. The molecule has 0 spiro atoms. The van der Waals surface area contributed by atoms with E-state index in [1.807, 2.05) is 13.8 Å². The van der Waals surface area contributed by atoms with E-state index in [0.29, 0.717) is 6.10 Å². The van der Waals surface area contributed by atoms with Gasteiger partial charge in [0.15, 0.2) is 0 Å². The van der Waals surface area contributed by atoms with Crippen LogP contribution in [0.15, 0.2) is 0 Å². The zero-order valence-electron chi connectivity index (χ0n) is 8.34. The number of hydrogen-bond acceptors (Lipinski definition) is 3. The molecule has 0 N–H and O–H groups in total. The molecule has 2 saturated heterocycles. The predicted molar refractivity (Wildman–Crippen MR) is 48.4 cm³/mol. The summed E-state index contributed by atoms with van der Waals surface area (Å²) < 4.78 is 14.0. The van der Waals surface area contributed by atoms with Gasteiger partial charge in [-0.1, -0.05) is 0 Å². The lowest BCUT2D eigenvalue weighted by Gasteiger charge is -1.86. The standard InChI is InChI=1S/C4H10O.C3H6O.C2H4O/c1-3-5-4-2;1-3-2-4-3;1-2-3-1/h3-4H2,1-2H3;3H,2H2,1H3;1-2H2. The molecule has 1 unspecified atom stereocenters. The molecule has 74 valence electrons. The second-order valence-corrected chi connectivity index (χ2v) is 2.54. The summed E-state index contributed by atoms with van der Waals surface area (Å²) in [4.78, 5) is 0. The Morgan fingerprint density at radius 3 is 1.58 bits per heavy atom. The summed E-state index contributed by atoms with van der Waals surface area (Å²) in [5.74, 6) is 0. The van der Waals surface area contributed by atoms with E-state index in [-0.39, 0.29) is 0 Å². The van der Waals surface area contributed by atoms with E-state index in [4.69, 9.17) is 9.47 Å². The van der Waals surface area contributed by atoms with Gasteiger partial charge in [-0.25, -0.2) is 0 Å². The minimum atomic E-state index is 0.583. The molecule has 2 aliphatic rings. The number of epoxide rings is 2. The van der Waals surface area contributed by atoms with Gasteiger partial charge in [-0.2, -0.15) is 0 Å². The monoisotopic (exact) mass is 176 g/mol. The van der Waals surface area contributed by atoms with Crippen molar-refractivity contribution in [2.24, 2.45) is 0 Å². The molecule has 0 aliphatic carbocycles. The van der Waals surface area contributed by atoms with E-state index >= 15 is 0 Å². The normalized spacial score (nSPS) is 22.8. The number of rotatable bonds is 2. The van der Waals surface area contributed by atoms with Crippen LogP contribution < -0.4 is 0 Å². The summed E-state index contributed by atoms with van der Waals surface area (Å²) in [7, 11) is 0. The number of ether oxygens (including phenoxy) is 3. The van der Waals surface area contributed by atoms with E-state index in [0.717, 1.165) is 33.0 Å². The van der Waals surface area contributed by atoms with Crippen LogP contribution in [0.25, 0.3) is 0 Å². The van der Waals surface area contributed by atoms with Crippen molar-refractivity contribution >= 4 is 0 Å². The topological polar surface area (TPSA) is 34.3 Å². The van der Waals surface area contributed by atoms with Gasteiger partial charge in [0, 0.05) is 13.2 Å². The summed E-state index contributed by atoms with van der Waals surface area (Å²) in [6.07, 6.45) is 0.583. The zero-order valence-corrected chi connectivity index (χ0v) is 8.34. The van der Waals surface area contributed by atoms with Crippen molar-refractivity contribution in [1.82, 2.24) is 0 Å². The van der Waals surface area contributed by atoms with Crippen molar-refractivity contribution in [3.8, 4) is 0 Å². The molecule has 12 heavy (non-hydrogen) atoms. The Balaban J connectivity index is 0.000000155. The Kier molecular flexibility index (Phi) is 8.88. The molecule has 0 amide bonds. The second kappa shape index (κ2) is 8.97. The highest BCUT2D eigenvalue weighted by atomic mass is 16.6. The Morgan fingerprint density at radius 2 is 1.58 bits per heavy atom. The molecule has 2 aliphatic heterocycles. The van der Waals surface area contributed by atoms with E-state index in [1.54, 1.807) is 0 Å². The summed E-state index contributed by atoms with van der Waals surface area (Å²) in [5, 5.41) is 0. The van der Waals surface area contributed by atoms with E-state index in [1.165, 1.54) is 0 Å². The van der Waals surface area contributed by atoms with Crippen molar-refractivity contribution in [1.29, 1.82) is 0 Å². The molecule has 0 bridgehead atoms. The minimum Gasteiger partial charge on any atom is -0.382 e. The largest absolute Gasteiger partial charge is 0.382 e. The van der Waals surface area contributed by atoms with Crippen LogP contribution in [-0.2, 0) is 14.2 Å². The van der Waals surface area contributed by atoms with Gasteiger partial charge in [0.1, 0.15) is 0 Å². The first-order valence-corrected chi connectivity index (χ1v) is 4.58. The molecular weight excluding hydrogens is 156 g/mol. The maximum atomic E-state index is 4.83. The van der Waals surface area contributed by atoms with Crippen LogP contribution in [0.4, 0.5) is 0 Å². The van der Waals surface area contributed by atoms with Gasteiger partial charge in [0.25, 0.3) is 0 Å². The lowest BCUT2D eigenvalue weighted by atomic mass is 10.6. The molecule has 2 fully saturated rings. The molecule has 3 nitrogen and oxygen atoms in total. The van der Waals surface area contributed by atoms with Gasteiger partial charge in [0.2, 0.25) is 0 Å². The first kappa shape index (κ1) is 11.9. The van der Waals surface area contributed by atoms with Crippen LogP contribution in [-0.4, -0.2) is 39.1 Å². The van der Waals surface area contributed by atoms with Crippen molar-refractivity contribution in [2.75, 3.05) is 33.0 Å². The molecule has 2 heterocycles. The summed E-state index contributed by atoms with van der Waals surface area (Å²) in [6.45, 7) is 10.7. The molecule has 0 radical (unpaired) electrons. The Bertz CT molecular complexity index is 75.1. The van der Waals surface area contributed by atoms with Crippen LogP contribution in [0.3, 0.4) is 0 Å². The summed E-state index contributed by atoms with van der Waals surface area (Å²) >= 11 is 0. The van der Waals surface area contributed by atoms with Crippen LogP contribution in [0, 0.1) is 0 Å². The second-order valence-electron chi connectivity index (χ2n) is 2.54. The van der Waals surface area contributed by atoms with Gasteiger partial charge >= 0.3 is 0 Å². The van der Waals surface area contributed by atoms with Gasteiger partial charge in [-0.3, -0.25) is 0 Å². The van der Waals surface area contributed by atoms with Crippen LogP contribution in [0.1, 0.15) is 20.8 Å². The lowest BCUT2D eigenvalue weighted by Crippen LogP contribution is -1.84. The fourth-order valence-electron chi connectivity index (χ4n) is 0.300. The predicted octanol–water partition coefficient (Wildman–Crippen LogP) is 1.46. The average molecular weight is 176 g/mol. The fraction of sp³-hybridized carbons (Fsp3) is 1.00. The summed E-state index contributed by atoms with van der Waals surface area (Å²) in [6, 6.07) is 0. The smallest absolute Gasteiger partial charge is 0.0781 e. The maximum absolute atomic E-state index is 4.83. The Labute approximate surface area is 75.0 Å². The van der Waals surface area contributed by atoms with E-state index < -0.39 is 0 Å². The van der Waals surface area contributed by atoms with Gasteiger partial charge in [-0.15, -0.1) is 0 Å². The van der Waals surface area contributed by atoms with Crippen LogP contribution in [0.2, 0.25) is 0 Å². The first-order valence-electron chi connectivity index (χ1n) is 4.58. The van der Waals surface area contributed by atoms with Gasteiger partial charge in [-0.05, 0) is 20.8 Å². The average Bonchev–Trinajstić information content (AvgIpc) is 2.86. The van der Waals surface area contributed by atoms with E-state index in [9.17, 15) is 0 Å². The SMILES string of the molecule is C1CO1.CC1CO1.CCOCC. The zero-order chi connectivity index (χ0) is 9.23. The highest BCUT2D eigenvalue weighted by Crippen LogP contribution is 2.04. The third-order valence-corrected chi connectivity index (χ3v) is 1.11. The number of hydrogen-bond donors (Lipinski definition) is 0. The highest BCUT2D eigenvalue weighted by Gasteiger charge is 2.13. The molecule has 0 saturated carbocycles. The molecular formula is C9H20O3. The summed E-state index contributed by atoms with van der Waals surface area (Å²) in [5.41, 5.74) is 0. The van der Waals surface area contributed by atoms with E-state index in [2.05, 4.69) is 11.7 Å². The van der Waals surface area contributed by atoms with Crippen molar-refractivity contribution in [2.45, 2.75) is 26.9 Å². The molecule has 0 aromatic carbocycles. The van der Waals surface area contributed by atoms with Crippen LogP contribution in [0.5, 0.6) is 0 Å². The Hall–Kier alpha value is -0.120. The quantitative estimate of drug-likeness (QED) is 0.597. The fourth-order valence-corrected chi connectivity index (χ4v) is 0.300. The molecule has 2 rings (SSSR count). The first-order chi connectivity index (χ1) is 5.81. The van der Waals surface area contributed by atoms with Gasteiger partial charge < -0.3 is 14.2 Å². The van der Waals surface area contributed by atoms with Crippen molar-refractivity contribution in [3.05, 3.63) is 0 Å². The van der Waals surface area contributed by atoms with Crippen LogP contribution >= 0.6 is 0 Å². The maximum Gasteiger partial charge on any atom is 0.0781 e. The van der Waals surface area contributed by atoms with Gasteiger partial charge in [0.05, 0.1) is 25.9 Å². The third-order valence-electron chi connectivity index (χ3n) is 1.11. The van der Waals surface area contributed by atoms with Crippen molar-refractivity contribution < 1.29 is 14.2 Å². The molecule has 3 heteroatoms. The third kappa shape index (κ3) is 22.5.